The third-order valence-electron chi connectivity index (χ3n) is 4.60. The molecule has 9 heteroatoms. The van der Waals surface area contributed by atoms with Crippen LogP contribution in [-0.4, -0.2) is 53.7 Å². The first-order chi connectivity index (χ1) is 14.2. The van der Waals surface area contributed by atoms with Gasteiger partial charge in [-0.25, -0.2) is 0 Å². The van der Waals surface area contributed by atoms with E-state index in [0.29, 0.717) is 0 Å². The van der Waals surface area contributed by atoms with Gasteiger partial charge in [0.25, 0.3) is 0 Å². The van der Waals surface area contributed by atoms with Crippen molar-refractivity contribution in [3.63, 3.8) is 0 Å². The van der Waals surface area contributed by atoms with Crippen LogP contribution in [0.4, 0.5) is 0 Å². The highest BCUT2D eigenvalue weighted by molar-refractivity contribution is 7.99. The molecule has 2 unspecified atom stereocenters. The van der Waals surface area contributed by atoms with E-state index in [1.165, 1.54) is 11.8 Å². The van der Waals surface area contributed by atoms with Crippen molar-refractivity contribution >= 4 is 11.8 Å². The maximum atomic E-state index is 10.6. The average molecular weight is 417 g/mol. The molecular weight excluding hydrogens is 394 g/mol. The van der Waals surface area contributed by atoms with Gasteiger partial charge in [0.15, 0.2) is 0 Å². The van der Waals surface area contributed by atoms with E-state index in [1.54, 1.807) is 7.11 Å². The summed E-state index contributed by atoms with van der Waals surface area (Å²) in [5, 5.41) is 24.2. The van der Waals surface area contributed by atoms with Gasteiger partial charge in [-0.1, -0.05) is 47.2 Å². The maximum absolute atomic E-state index is 10.6. The summed E-state index contributed by atoms with van der Waals surface area (Å²) in [6, 6.07) is 16.1. The van der Waals surface area contributed by atoms with Crippen LogP contribution in [0.5, 0.6) is 5.75 Å². The summed E-state index contributed by atoms with van der Waals surface area (Å²) in [5.74, 6) is 0.728. The second kappa shape index (κ2) is 10.5. The summed E-state index contributed by atoms with van der Waals surface area (Å²) in [6.07, 6.45) is -2.82. The van der Waals surface area contributed by atoms with Crippen LogP contribution in [0.3, 0.4) is 0 Å². The van der Waals surface area contributed by atoms with Crippen molar-refractivity contribution in [2.24, 2.45) is 5.11 Å². The molecule has 8 nitrogen and oxygen atoms in total. The van der Waals surface area contributed by atoms with Gasteiger partial charge >= 0.3 is 0 Å². The highest BCUT2D eigenvalue weighted by atomic mass is 32.2. The molecule has 29 heavy (non-hydrogen) atoms. The molecule has 0 aliphatic carbocycles. The zero-order chi connectivity index (χ0) is 20.6. The quantitative estimate of drug-likeness (QED) is 0.387. The predicted octanol–water partition coefficient (Wildman–Crippen LogP) is 3.13. The molecule has 0 spiro atoms. The Balaban J connectivity index is 1.79. The Labute approximate surface area is 173 Å². The molecular formula is C20H23N3O5S. The van der Waals surface area contributed by atoms with Crippen LogP contribution in [0.1, 0.15) is 5.56 Å². The monoisotopic (exact) mass is 417 g/mol. The third kappa shape index (κ3) is 5.42. The number of ether oxygens (including phenoxy) is 3. The number of benzene rings is 2. The molecule has 0 bridgehead atoms. The molecule has 2 aromatic carbocycles. The Morgan fingerprint density at radius 1 is 1.17 bits per heavy atom. The number of thioether (sulfide) groups is 1. The largest absolute Gasteiger partial charge is 0.497 e. The van der Waals surface area contributed by atoms with Crippen LogP contribution >= 0.6 is 11.8 Å². The molecule has 0 amide bonds. The molecule has 0 saturated carbocycles. The molecule has 2 N–H and O–H groups in total. The van der Waals surface area contributed by atoms with E-state index in [4.69, 9.17) is 19.7 Å². The Morgan fingerprint density at radius 2 is 1.90 bits per heavy atom. The Bertz CT molecular complexity index is 817. The highest BCUT2D eigenvalue weighted by Gasteiger charge is 2.45. The number of rotatable bonds is 8. The lowest BCUT2D eigenvalue weighted by Gasteiger charge is -2.42. The first kappa shape index (κ1) is 21.4. The normalized spacial score (nSPS) is 26.5. The lowest BCUT2D eigenvalue weighted by Crippen LogP contribution is -2.57. The Morgan fingerprint density at radius 3 is 2.52 bits per heavy atom. The number of aliphatic hydroxyl groups excluding tert-OH is 2. The minimum absolute atomic E-state index is 0.198. The fourth-order valence-corrected chi connectivity index (χ4v) is 4.20. The van der Waals surface area contributed by atoms with Gasteiger partial charge in [-0.2, -0.15) is 0 Å². The maximum Gasteiger partial charge on any atom is 0.119 e. The van der Waals surface area contributed by atoms with E-state index in [0.717, 1.165) is 16.2 Å². The molecule has 3 rings (SSSR count). The number of azide groups is 1. The minimum atomic E-state index is -1.14. The molecule has 1 aliphatic rings. The average Bonchev–Trinajstić information content (AvgIpc) is 2.76. The molecule has 1 fully saturated rings. The summed E-state index contributed by atoms with van der Waals surface area (Å²) in [5.41, 5.74) is 9.32. The summed E-state index contributed by atoms with van der Waals surface area (Å²) < 4.78 is 16.9. The van der Waals surface area contributed by atoms with Gasteiger partial charge in [-0.3, -0.25) is 0 Å². The van der Waals surface area contributed by atoms with E-state index < -0.39 is 29.8 Å². The number of hydrogen-bond acceptors (Lipinski definition) is 7. The molecule has 1 saturated heterocycles. The lowest BCUT2D eigenvalue weighted by atomic mass is 9.98. The second-order valence-electron chi connectivity index (χ2n) is 6.47. The smallest absolute Gasteiger partial charge is 0.119 e. The van der Waals surface area contributed by atoms with E-state index >= 15 is 0 Å². The molecule has 154 valence electrons. The van der Waals surface area contributed by atoms with E-state index in [2.05, 4.69) is 10.0 Å². The number of hydrogen-bond donors (Lipinski definition) is 2. The molecule has 0 radical (unpaired) electrons. The van der Waals surface area contributed by atoms with Crippen molar-refractivity contribution < 1.29 is 24.4 Å². The Hall–Kier alpha value is -2.26. The fraction of sp³-hybridized carbons (Fsp3) is 0.400. The van der Waals surface area contributed by atoms with Crippen LogP contribution in [0, 0.1) is 0 Å². The van der Waals surface area contributed by atoms with Gasteiger partial charge in [0, 0.05) is 9.81 Å². The van der Waals surface area contributed by atoms with Crippen molar-refractivity contribution in [2.45, 2.75) is 41.3 Å². The van der Waals surface area contributed by atoms with Gasteiger partial charge in [-0.15, -0.1) is 0 Å². The molecule has 5 atom stereocenters. The zero-order valence-corrected chi connectivity index (χ0v) is 16.7. The van der Waals surface area contributed by atoms with Gasteiger partial charge in [-0.05, 0) is 35.4 Å². The second-order valence-corrected chi connectivity index (χ2v) is 7.64. The molecule has 1 aliphatic heterocycles. The summed E-state index contributed by atoms with van der Waals surface area (Å²) in [6.45, 7) is -0.178. The number of aliphatic hydroxyl groups is 2. The van der Waals surface area contributed by atoms with Crippen LogP contribution in [0.2, 0.25) is 0 Å². The standard InChI is InChI=1S/C20H23N3O5S/c1-26-14-9-7-13(8-10-14)12-27-19-17(22-23-21)20(28-16(11-24)18(19)25)29-15-5-3-2-4-6-15/h2-10,16-20,24-25H,11-12H2,1H3/t16?,17?,18-,19-,20-/m0/s1. The van der Waals surface area contributed by atoms with Crippen molar-refractivity contribution in [1.82, 2.24) is 0 Å². The van der Waals surface area contributed by atoms with Crippen molar-refractivity contribution in [1.29, 1.82) is 0 Å². The van der Waals surface area contributed by atoms with Crippen molar-refractivity contribution in [3.8, 4) is 5.75 Å². The van der Waals surface area contributed by atoms with E-state index in [1.807, 2.05) is 54.6 Å². The van der Waals surface area contributed by atoms with Gasteiger partial charge < -0.3 is 24.4 Å². The fourth-order valence-electron chi connectivity index (χ4n) is 3.07. The predicted molar refractivity (Wildman–Crippen MR) is 109 cm³/mol. The van der Waals surface area contributed by atoms with Crippen molar-refractivity contribution in [2.75, 3.05) is 13.7 Å². The Kier molecular flexibility index (Phi) is 7.76. The third-order valence-corrected chi connectivity index (χ3v) is 5.77. The first-order valence-corrected chi connectivity index (χ1v) is 9.99. The zero-order valence-electron chi connectivity index (χ0n) is 15.9. The number of nitrogens with zero attached hydrogens (tertiary/aromatic N) is 3. The van der Waals surface area contributed by atoms with Gasteiger partial charge in [0.05, 0.1) is 26.4 Å². The summed E-state index contributed by atoms with van der Waals surface area (Å²) in [4.78, 5) is 3.84. The van der Waals surface area contributed by atoms with Gasteiger partial charge in [0.1, 0.15) is 29.4 Å². The van der Waals surface area contributed by atoms with E-state index in [9.17, 15) is 10.2 Å². The van der Waals surface area contributed by atoms with Gasteiger partial charge in [0.2, 0.25) is 0 Å². The molecule has 2 aromatic rings. The van der Waals surface area contributed by atoms with Crippen LogP contribution < -0.4 is 4.74 Å². The minimum Gasteiger partial charge on any atom is -0.497 e. The van der Waals surface area contributed by atoms with E-state index in [-0.39, 0.29) is 13.2 Å². The highest BCUT2D eigenvalue weighted by Crippen LogP contribution is 2.36. The lowest BCUT2D eigenvalue weighted by molar-refractivity contribution is -0.185. The topological polar surface area (TPSA) is 117 Å². The summed E-state index contributed by atoms with van der Waals surface area (Å²) in [7, 11) is 1.59. The van der Waals surface area contributed by atoms with Crippen LogP contribution in [0.25, 0.3) is 10.4 Å². The van der Waals surface area contributed by atoms with Crippen LogP contribution in [0.15, 0.2) is 64.6 Å². The molecule has 1 heterocycles. The van der Waals surface area contributed by atoms with Crippen molar-refractivity contribution in [3.05, 3.63) is 70.6 Å². The van der Waals surface area contributed by atoms with Crippen LogP contribution in [-0.2, 0) is 16.1 Å². The number of methoxy groups -OCH3 is 1. The SMILES string of the molecule is COc1ccc(CO[C@H]2C(N=[N+]=[N-])[C@H](Sc3ccccc3)OC(CO)[C@@H]2O)cc1. The summed E-state index contributed by atoms with van der Waals surface area (Å²) >= 11 is 1.36. The first-order valence-electron chi connectivity index (χ1n) is 9.11. The molecule has 0 aromatic heterocycles.